The topological polar surface area (TPSA) is 71.5 Å². The van der Waals surface area contributed by atoms with Gasteiger partial charge in [0.15, 0.2) is 0 Å². The van der Waals surface area contributed by atoms with E-state index in [1.54, 1.807) is 0 Å². The first kappa shape index (κ1) is 23.4. The van der Waals surface area contributed by atoms with Gasteiger partial charge in [0, 0.05) is 31.0 Å². The fourth-order valence-corrected chi connectivity index (χ4v) is 5.25. The lowest BCUT2D eigenvalue weighted by Crippen LogP contribution is -2.36. The van der Waals surface area contributed by atoms with Crippen LogP contribution in [0.3, 0.4) is 0 Å². The van der Waals surface area contributed by atoms with Gasteiger partial charge in [-0.3, -0.25) is 0 Å². The quantitative estimate of drug-likeness (QED) is 0.630. The maximum absolute atomic E-state index is 6.38. The van der Waals surface area contributed by atoms with Gasteiger partial charge in [0.1, 0.15) is 0 Å². The Morgan fingerprint density at radius 1 is 1.03 bits per heavy atom. The highest BCUT2D eigenvalue weighted by Crippen LogP contribution is 2.32. The van der Waals surface area contributed by atoms with Crippen molar-refractivity contribution in [3.8, 4) is 17.0 Å². The van der Waals surface area contributed by atoms with Gasteiger partial charge in [0.25, 0.3) is 0 Å². The molecule has 1 saturated carbocycles. The average Bonchev–Trinajstić information content (AvgIpc) is 2.90. The predicted octanol–water partition coefficient (Wildman–Crippen LogP) is 4.35. The molecule has 1 aliphatic carbocycles. The number of nitrogens with one attached hydrogen (secondary N) is 2. The Kier molecular flexibility index (Phi) is 7.81. The molecule has 0 unspecified atom stereocenters. The highest BCUT2D eigenvalue weighted by molar-refractivity contribution is 5.70. The van der Waals surface area contributed by atoms with E-state index >= 15 is 0 Å². The van der Waals surface area contributed by atoms with Crippen molar-refractivity contribution in [2.45, 2.75) is 51.5 Å². The summed E-state index contributed by atoms with van der Waals surface area (Å²) in [6, 6.07) is 9.15. The number of anilines is 2. The van der Waals surface area contributed by atoms with E-state index in [9.17, 15) is 0 Å². The molecule has 0 bridgehead atoms. The number of benzene rings is 1. The summed E-state index contributed by atoms with van der Waals surface area (Å²) < 4.78 is 11.9. The van der Waals surface area contributed by atoms with E-state index in [0.717, 1.165) is 69.3 Å². The number of rotatable bonds is 7. The molecule has 2 N–H and O–H groups in total. The second-order valence-electron chi connectivity index (χ2n) is 10.2. The molecule has 7 nitrogen and oxygen atoms in total. The van der Waals surface area contributed by atoms with Crippen molar-refractivity contribution in [1.82, 2.24) is 15.3 Å². The van der Waals surface area contributed by atoms with E-state index in [-0.39, 0.29) is 0 Å². The van der Waals surface area contributed by atoms with Gasteiger partial charge in [-0.05, 0) is 81.1 Å². The van der Waals surface area contributed by atoms with Crippen LogP contribution in [0.25, 0.3) is 11.1 Å². The molecule has 0 amide bonds. The molecule has 1 aromatic carbocycles. The summed E-state index contributed by atoms with van der Waals surface area (Å²) in [5, 5.41) is 7.02. The number of piperidine rings is 1. The maximum atomic E-state index is 6.38. The molecule has 2 aromatic rings. The van der Waals surface area contributed by atoms with Gasteiger partial charge in [-0.15, -0.1) is 0 Å². The van der Waals surface area contributed by atoms with E-state index in [1.165, 1.54) is 31.4 Å². The molecule has 34 heavy (non-hydrogen) atoms. The van der Waals surface area contributed by atoms with Crippen molar-refractivity contribution >= 4 is 11.6 Å². The van der Waals surface area contributed by atoms with Gasteiger partial charge >= 0.3 is 0 Å². The number of hydrogen-bond donors (Lipinski definition) is 2. The molecule has 3 aliphatic rings. The molecule has 7 heteroatoms. The highest BCUT2D eigenvalue weighted by Gasteiger charge is 2.21. The Bertz CT molecular complexity index is 902. The first-order valence-corrected chi connectivity index (χ1v) is 13.1. The van der Waals surface area contributed by atoms with Crippen LogP contribution in [-0.2, 0) is 4.74 Å². The van der Waals surface area contributed by atoms with Gasteiger partial charge in [0.2, 0.25) is 11.8 Å². The summed E-state index contributed by atoms with van der Waals surface area (Å²) in [5.74, 6) is 2.78. The summed E-state index contributed by atoms with van der Waals surface area (Å²) in [7, 11) is 0. The minimum atomic E-state index is 0.451. The third-order valence-electron chi connectivity index (χ3n) is 7.57. The Morgan fingerprint density at radius 2 is 1.76 bits per heavy atom. The normalized spacial score (nSPS) is 24.1. The van der Waals surface area contributed by atoms with Crippen LogP contribution in [0, 0.1) is 11.8 Å². The van der Waals surface area contributed by atoms with E-state index in [2.05, 4.69) is 46.7 Å². The van der Waals surface area contributed by atoms with E-state index in [1.807, 2.05) is 6.20 Å². The third-order valence-corrected chi connectivity index (χ3v) is 7.57. The Balaban J connectivity index is 1.33. The molecule has 184 valence electrons. The van der Waals surface area contributed by atoms with Gasteiger partial charge < -0.3 is 25.0 Å². The summed E-state index contributed by atoms with van der Waals surface area (Å²) in [6.07, 6.45) is 9.14. The molecule has 0 spiro atoms. The van der Waals surface area contributed by atoms with Crippen molar-refractivity contribution in [3.63, 3.8) is 0 Å². The number of nitrogens with zero attached hydrogens (tertiary/aromatic N) is 3. The van der Waals surface area contributed by atoms with Crippen LogP contribution < -0.4 is 20.3 Å². The molecule has 3 heterocycles. The van der Waals surface area contributed by atoms with Crippen LogP contribution in [0.2, 0.25) is 0 Å². The minimum Gasteiger partial charge on any atom is -0.477 e. The molecule has 0 radical (unpaired) electrons. The number of ether oxygens (including phenoxy) is 2. The Hall–Kier alpha value is -2.38. The van der Waals surface area contributed by atoms with Crippen molar-refractivity contribution < 1.29 is 9.47 Å². The van der Waals surface area contributed by atoms with E-state index < -0.39 is 0 Å². The highest BCUT2D eigenvalue weighted by atomic mass is 16.5. The zero-order valence-corrected chi connectivity index (χ0v) is 20.5. The zero-order valence-electron chi connectivity index (χ0n) is 20.5. The third kappa shape index (κ3) is 5.99. The summed E-state index contributed by atoms with van der Waals surface area (Å²) >= 11 is 0. The second kappa shape index (κ2) is 11.4. The van der Waals surface area contributed by atoms with Crippen molar-refractivity contribution in [3.05, 3.63) is 30.5 Å². The monoisotopic (exact) mass is 465 g/mol. The van der Waals surface area contributed by atoms with Crippen molar-refractivity contribution in [2.75, 3.05) is 56.2 Å². The maximum Gasteiger partial charge on any atom is 0.226 e. The van der Waals surface area contributed by atoms with Gasteiger partial charge in [0.05, 0.1) is 25.4 Å². The number of aromatic nitrogens is 2. The summed E-state index contributed by atoms with van der Waals surface area (Å²) in [6.45, 7) is 8.65. The Labute approximate surface area is 203 Å². The van der Waals surface area contributed by atoms with Crippen molar-refractivity contribution in [1.29, 1.82) is 0 Å². The molecular formula is C27H39N5O2. The molecule has 3 fully saturated rings. The first-order chi connectivity index (χ1) is 16.7. The van der Waals surface area contributed by atoms with Crippen LogP contribution in [0.4, 0.5) is 11.6 Å². The standard InChI is InChI=1S/C27H39N5O2/c1-20-2-6-23(7-3-20)30-27-29-18-25(26(31-27)34-19-21-10-12-28-13-11-21)22-4-8-24(9-5-22)32-14-16-33-17-15-32/h4-5,8-9,18,20-21,23,28H,2-3,6-7,10-17,19H2,1H3,(H,29,30,31). The predicted molar refractivity (Wildman–Crippen MR) is 137 cm³/mol. The lowest BCUT2D eigenvalue weighted by molar-refractivity contribution is 0.122. The van der Waals surface area contributed by atoms with Crippen LogP contribution >= 0.6 is 0 Å². The van der Waals surface area contributed by atoms with Crippen molar-refractivity contribution in [2.24, 2.45) is 11.8 Å². The fraction of sp³-hybridized carbons (Fsp3) is 0.630. The van der Waals surface area contributed by atoms with E-state index in [4.69, 9.17) is 19.4 Å². The minimum absolute atomic E-state index is 0.451. The van der Waals surface area contributed by atoms with Crippen LogP contribution in [0.5, 0.6) is 5.88 Å². The first-order valence-electron chi connectivity index (χ1n) is 13.1. The van der Waals surface area contributed by atoms with Gasteiger partial charge in [-0.1, -0.05) is 19.1 Å². The van der Waals surface area contributed by atoms with E-state index in [0.29, 0.717) is 30.4 Å². The molecule has 2 saturated heterocycles. The molecule has 0 atom stereocenters. The van der Waals surface area contributed by atoms with Crippen LogP contribution in [0.1, 0.15) is 45.4 Å². The lowest BCUT2D eigenvalue weighted by Gasteiger charge is -2.29. The summed E-state index contributed by atoms with van der Waals surface area (Å²) in [4.78, 5) is 11.9. The lowest BCUT2D eigenvalue weighted by atomic mass is 9.87. The zero-order chi connectivity index (χ0) is 23.2. The number of hydrogen-bond acceptors (Lipinski definition) is 7. The molecule has 2 aliphatic heterocycles. The fourth-order valence-electron chi connectivity index (χ4n) is 5.25. The van der Waals surface area contributed by atoms with Gasteiger partial charge in [-0.2, -0.15) is 4.98 Å². The summed E-state index contributed by atoms with van der Waals surface area (Å²) in [5.41, 5.74) is 3.29. The largest absolute Gasteiger partial charge is 0.477 e. The SMILES string of the molecule is CC1CCC(Nc2ncc(-c3ccc(N4CCOCC4)cc3)c(OCC3CCNCC3)n2)CC1. The van der Waals surface area contributed by atoms with Crippen LogP contribution in [0.15, 0.2) is 30.5 Å². The molecule has 5 rings (SSSR count). The Morgan fingerprint density at radius 3 is 2.50 bits per heavy atom. The second-order valence-corrected chi connectivity index (χ2v) is 10.2. The smallest absolute Gasteiger partial charge is 0.226 e. The molecular weight excluding hydrogens is 426 g/mol. The number of morpholine rings is 1. The van der Waals surface area contributed by atoms with Gasteiger partial charge in [-0.25, -0.2) is 4.98 Å². The van der Waals surface area contributed by atoms with Crippen LogP contribution in [-0.4, -0.2) is 62.0 Å². The molecule has 1 aromatic heterocycles. The average molecular weight is 466 g/mol.